The summed E-state index contributed by atoms with van der Waals surface area (Å²) >= 11 is 1.37. The molecule has 0 saturated carbocycles. The van der Waals surface area contributed by atoms with Crippen LogP contribution in [0.2, 0.25) is 0 Å². The van der Waals surface area contributed by atoms with E-state index in [0.29, 0.717) is 23.4 Å². The van der Waals surface area contributed by atoms with Gasteiger partial charge in [-0.25, -0.2) is 4.79 Å². The van der Waals surface area contributed by atoms with Gasteiger partial charge in [0.25, 0.3) is 11.8 Å². The molecule has 2 rings (SSSR count). The Morgan fingerprint density at radius 2 is 1.81 bits per heavy atom. The molecule has 0 saturated heterocycles. The number of amides is 2. The average Bonchev–Trinajstić information content (AvgIpc) is 3.18. The lowest BCUT2D eigenvalue weighted by Gasteiger charge is -2.20. The highest BCUT2D eigenvalue weighted by molar-refractivity contribution is 7.12. The zero-order valence-corrected chi connectivity index (χ0v) is 15.5. The van der Waals surface area contributed by atoms with E-state index in [9.17, 15) is 19.5 Å². The fourth-order valence-corrected chi connectivity index (χ4v) is 3.00. The minimum absolute atomic E-state index is 0.139. The van der Waals surface area contributed by atoms with Crippen molar-refractivity contribution >= 4 is 29.1 Å². The number of thiophene rings is 1. The van der Waals surface area contributed by atoms with Crippen LogP contribution in [0.15, 0.2) is 41.8 Å². The molecule has 0 fully saturated rings. The molecular weight excluding hydrogens is 352 g/mol. The minimum Gasteiger partial charge on any atom is -0.480 e. The quantitative estimate of drug-likeness (QED) is 0.662. The summed E-state index contributed by atoms with van der Waals surface area (Å²) in [6.07, 6.45) is 0.653. The third kappa shape index (κ3) is 5.16. The molecule has 1 aromatic heterocycles. The third-order valence-corrected chi connectivity index (χ3v) is 5.05. The molecule has 0 radical (unpaired) electrons. The minimum atomic E-state index is -1.04. The SMILES string of the molecule is CC[C@H](C)[C@H](NC(=O)c1ccc(CNC(=O)c2cccs2)cc1)C(=O)O. The molecule has 2 amide bonds. The van der Waals surface area contributed by atoms with E-state index in [-0.39, 0.29) is 11.8 Å². The Bertz CT molecular complexity index is 756. The van der Waals surface area contributed by atoms with Crippen molar-refractivity contribution in [2.75, 3.05) is 0 Å². The lowest BCUT2D eigenvalue weighted by atomic mass is 9.99. The Morgan fingerprint density at radius 3 is 2.35 bits per heavy atom. The lowest BCUT2D eigenvalue weighted by molar-refractivity contribution is -0.140. The predicted octanol–water partition coefficient (Wildman–Crippen LogP) is 2.91. The van der Waals surface area contributed by atoms with Gasteiger partial charge in [0.2, 0.25) is 0 Å². The average molecular weight is 374 g/mol. The maximum atomic E-state index is 12.3. The van der Waals surface area contributed by atoms with Crippen molar-refractivity contribution in [2.45, 2.75) is 32.9 Å². The first-order valence-corrected chi connectivity index (χ1v) is 9.24. The van der Waals surface area contributed by atoms with Crippen LogP contribution in [-0.2, 0) is 11.3 Å². The van der Waals surface area contributed by atoms with Crippen molar-refractivity contribution < 1.29 is 19.5 Å². The van der Waals surface area contributed by atoms with Crippen molar-refractivity contribution in [3.05, 3.63) is 57.8 Å². The van der Waals surface area contributed by atoms with Crippen molar-refractivity contribution in [3.8, 4) is 0 Å². The van der Waals surface area contributed by atoms with E-state index in [2.05, 4.69) is 10.6 Å². The largest absolute Gasteiger partial charge is 0.480 e. The first kappa shape index (κ1) is 19.7. The fourth-order valence-electron chi connectivity index (χ4n) is 2.36. The standard InChI is InChI=1S/C19H22N2O4S/c1-3-12(2)16(19(24)25)21-17(22)14-8-6-13(7-9-14)11-20-18(23)15-5-4-10-26-15/h4-10,12,16H,3,11H2,1-2H3,(H,20,23)(H,21,22)(H,24,25)/t12-,16-/m0/s1. The number of carboxylic acids is 1. The van der Waals surface area contributed by atoms with Crippen LogP contribution in [0, 0.1) is 5.92 Å². The highest BCUT2D eigenvalue weighted by Crippen LogP contribution is 2.11. The maximum absolute atomic E-state index is 12.3. The Labute approximate surface area is 156 Å². The van der Waals surface area contributed by atoms with Crippen LogP contribution >= 0.6 is 11.3 Å². The van der Waals surface area contributed by atoms with Gasteiger partial charge in [0.1, 0.15) is 6.04 Å². The molecule has 0 spiro atoms. The number of hydrogen-bond donors (Lipinski definition) is 3. The van der Waals surface area contributed by atoms with Gasteiger partial charge in [-0.15, -0.1) is 11.3 Å². The van der Waals surface area contributed by atoms with E-state index >= 15 is 0 Å². The van der Waals surface area contributed by atoms with Crippen LogP contribution in [0.5, 0.6) is 0 Å². The van der Waals surface area contributed by atoms with Gasteiger partial charge < -0.3 is 15.7 Å². The number of hydrogen-bond acceptors (Lipinski definition) is 4. The van der Waals surface area contributed by atoms with Gasteiger partial charge in [-0.3, -0.25) is 9.59 Å². The summed E-state index contributed by atoms with van der Waals surface area (Å²) in [6.45, 7) is 4.02. The van der Waals surface area contributed by atoms with Crippen molar-refractivity contribution in [3.63, 3.8) is 0 Å². The number of benzene rings is 1. The maximum Gasteiger partial charge on any atom is 0.326 e. The van der Waals surface area contributed by atoms with Gasteiger partial charge in [-0.1, -0.05) is 38.5 Å². The van der Waals surface area contributed by atoms with E-state index in [0.717, 1.165) is 5.56 Å². The third-order valence-electron chi connectivity index (χ3n) is 4.18. The van der Waals surface area contributed by atoms with Gasteiger partial charge in [0.05, 0.1) is 4.88 Å². The van der Waals surface area contributed by atoms with Crippen LogP contribution < -0.4 is 10.6 Å². The van der Waals surface area contributed by atoms with E-state index in [1.54, 1.807) is 37.3 Å². The molecule has 26 heavy (non-hydrogen) atoms. The molecule has 1 heterocycles. The second kappa shape index (κ2) is 9.15. The summed E-state index contributed by atoms with van der Waals surface area (Å²) in [4.78, 5) is 36.1. The zero-order chi connectivity index (χ0) is 19.1. The molecule has 2 atom stereocenters. The molecule has 3 N–H and O–H groups in total. The number of carboxylic acid groups (broad SMARTS) is 1. The highest BCUT2D eigenvalue weighted by atomic mass is 32.1. The molecular formula is C19H22N2O4S. The molecule has 138 valence electrons. The van der Waals surface area contributed by atoms with Crippen LogP contribution in [0.4, 0.5) is 0 Å². The van der Waals surface area contributed by atoms with Crippen LogP contribution in [0.25, 0.3) is 0 Å². The topological polar surface area (TPSA) is 95.5 Å². The number of rotatable bonds is 8. The predicted molar refractivity (Wildman–Crippen MR) is 100 cm³/mol. The van der Waals surface area contributed by atoms with E-state index in [4.69, 9.17) is 0 Å². The zero-order valence-electron chi connectivity index (χ0n) is 14.7. The summed E-state index contributed by atoms with van der Waals surface area (Å²) in [5.41, 5.74) is 1.23. The van der Waals surface area contributed by atoms with Crippen LogP contribution in [0.3, 0.4) is 0 Å². The molecule has 0 bridgehead atoms. The summed E-state index contributed by atoms with van der Waals surface area (Å²) in [5.74, 6) is -1.77. The summed E-state index contributed by atoms with van der Waals surface area (Å²) in [5, 5.41) is 16.5. The second-order valence-corrected chi connectivity index (χ2v) is 6.98. The normalized spacial score (nSPS) is 12.8. The number of carbonyl (C=O) groups is 3. The molecule has 0 aliphatic heterocycles. The smallest absolute Gasteiger partial charge is 0.326 e. The first-order chi connectivity index (χ1) is 12.4. The Hall–Kier alpha value is -2.67. The molecule has 0 unspecified atom stereocenters. The molecule has 2 aromatic rings. The second-order valence-electron chi connectivity index (χ2n) is 6.03. The Morgan fingerprint density at radius 1 is 1.12 bits per heavy atom. The first-order valence-electron chi connectivity index (χ1n) is 8.36. The van der Waals surface area contributed by atoms with Crippen molar-refractivity contribution in [1.29, 1.82) is 0 Å². The van der Waals surface area contributed by atoms with Gasteiger partial charge in [-0.2, -0.15) is 0 Å². The summed E-state index contributed by atoms with van der Waals surface area (Å²) in [6, 6.07) is 9.37. The number of aliphatic carboxylic acids is 1. The highest BCUT2D eigenvalue weighted by Gasteiger charge is 2.25. The number of nitrogens with one attached hydrogen (secondary N) is 2. The van der Waals surface area contributed by atoms with E-state index in [1.165, 1.54) is 11.3 Å². The molecule has 0 aliphatic carbocycles. The van der Waals surface area contributed by atoms with Crippen LogP contribution in [0.1, 0.15) is 45.9 Å². The molecule has 1 aromatic carbocycles. The summed E-state index contributed by atoms with van der Waals surface area (Å²) in [7, 11) is 0. The van der Waals surface area contributed by atoms with Crippen molar-refractivity contribution in [2.24, 2.45) is 5.92 Å². The van der Waals surface area contributed by atoms with Gasteiger partial charge in [-0.05, 0) is 35.1 Å². The Balaban J connectivity index is 1.94. The molecule has 7 heteroatoms. The fraction of sp³-hybridized carbons (Fsp3) is 0.316. The Kier molecular flexibility index (Phi) is 6.91. The van der Waals surface area contributed by atoms with Gasteiger partial charge in [0, 0.05) is 12.1 Å². The lowest BCUT2D eigenvalue weighted by Crippen LogP contribution is -2.45. The molecule has 0 aliphatic rings. The van der Waals surface area contributed by atoms with E-state index in [1.807, 2.05) is 18.4 Å². The van der Waals surface area contributed by atoms with Gasteiger partial charge >= 0.3 is 5.97 Å². The van der Waals surface area contributed by atoms with Crippen molar-refractivity contribution in [1.82, 2.24) is 10.6 Å². The summed E-state index contributed by atoms with van der Waals surface area (Å²) < 4.78 is 0. The van der Waals surface area contributed by atoms with E-state index < -0.39 is 17.9 Å². The van der Waals surface area contributed by atoms with Crippen LogP contribution in [-0.4, -0.2) is 28.9 Å². The molecule has 6 nitrogen and oxygen atoms in total. The monoisotopic (exact) mass is 374 g/mol. The van der Waals surface area contributed by atoms with Gasteiger partial charge in [0.15, 0.2) is 0 Å². The number of carbonyl (C=O) groups excluding carboxylic acids is 2.